The Morgan fingerprint density at radius 1 is 1.11 bits per heavy atom. The Morgan fingerprint density at radius 2 is 1.86 bits per heavy atom. The summed E-state index contributed by atoms with van der Waals surface area (Å²) in [5.41, 5.74) is -1.03. The lowest BCUT2D eigenvalue weighted by Crippen LogP contribution is -2.60. The first-order valence-corrected chi connectivity index (χ1v) is 11.0. The van der Waals surface area contributed by atoms with Gasteiger partial charge in [0.15, 0.2) is 11.4 Å². The van der Waals surface area contributed by atoms with E-state index in [-0.39, 0.29) is 40.7 Å². The first kappa shape index (κ1) is 18.8. The van der Waals surface area contributed by atoms with E-state index in [1.807, 2.05) is 0 Å². The molecule has 0 radical (unpaired) electrons. The van der Waals surface area contributed by atoms with E-state index in [0.717, 1.165) is 38.5 Å². The summed E-state index contributed by atoms with van der Waals surface area (Å²) in [6.07, 6.45) is 6.26. The van der Waals surface area contributed by atoms with Crippen molar-refractivity contribution >= 4 is 17.5 Å². The standard InChI is InChI=1S/C23H32O5/c1-12(24)23-19(28-23)10-17-16-6-5-14-9-15(27-13(2)25)7-8-21(14,3)20(16)18(26)11-22(17,23)4/h14-17,19-20H,5-11H2,1-4H3/t14-,15+,16+,17+,19+,20-,21-,22+,23+/m0/s1. The average molecular weight is 389 g/mol. The zero-order valence-electron chi connectivity index (χ0n) is 17.5. The molecule has 0 amide bonds. The van der Waals surface area contributed by atoms with Gasteiger partial charge in [0.2, 0.25) is 0 Å². The average Bonchev–Trinajstić information content (AvgIpc) is 3.28. The van der Waals surface area contributed by atoms with Crippen LogP contribution in [0.5, 0.6) is 0 Å². The van der Waals surface area contributed by atoms with Crippen LogP contribution < -0.4 is 0 Å². The van der Waals surface area contributed by atoms with Crippen molar-refractivity contribution in [2.45, 2.75) is 90.4 Å². The van der Waals surface area contributed by atoms with Crippen molar-refractivity contribution in [3.63, 3.8) is 0 Å². The minimum Gasteiger partial charge on any atom is -0.463 e. The number of carbonyl (C=O) groups excluding carboxylic acids is 3. The van der Waals surface area contributed by atoms with Crippen molar-refractivity contribution in [1.29, 1.82) is 0 Å². The maximum Gasteiger partial charge on any atom is 0.302 e. The lowest BCUT2D eigenvalue weighted by atomic mass is 9.44. The van der Waals surface area contributed by atoms with Crippen LogP contribution in [-0.4, -0.2) is 35.3 Å². The number of fused-ring (bicyclic) bond motifs is 7. The molecule has 28 heavy (non-hydrogen) atoms. The van der Waals surface area contributed by atoms with Gasteiger partial charge in [-0.05, 0) is 68.6 Å². The molecule has 0 spiro atoms. The molecule has 5 nitrogen and oxygen atoms in total. The molecule has 0 aromatic rings. The number of hydrogen-bond acceptors (Lipinski definition) is 5. The highest BCUT2D eigenvalue weighted by Gasteiger charge is 2.80. The molecule has 4 aliphatic carbocycles. The highest BCUT2D eigenvalue weighted by molar-refractivity contribution is 5.93. The molecular weight excluding hydrogens is 356 g/mol. The molecule has 0 unspecified atom stereocenters. The first-order chi connectivity index (χ1) is 13.1. The van der Waals surface area contributed by atoms with Gasteiger partial charge in [0, 0.05) is 24.7 Å². The number of hydrogen-bond donors (Lipinski definition) is 0. The summed E-state index contributed by atoms with van der Waals surface area (Å²) in [7, 11) is 0. The summed E-state index contributed by atoms with van der Waals surface area (Å²) in [5, 5.41) is 0. The third-order valence-electron chi connectivity index (χ3n) is 9.59. The number of rotatable bonds is 2. The Kier molecular flexibility index (Phi) is 3.81. The molecule has 5 heteroatoms. The van der Waals surface area contributed by atoms with Crippen molar-refractivity contribution < 1.29 is 23.9 Å². The van der Waals surface area contributed by atoms with Crippen LogP contribution >= 0.6 is 0 Å². The van der Waals surface area contributed by atoms with E-state index in [1.165, 1.54) is 6.92 Å². The van der Waals surface area contributed by atoms with E-state index in [4.69, 9.17) is 9.47 Å². The van der Waals surface area contributed by atoms with Gasteiger partial charge in [-0.25, -0.2) is 0 Å². The summed E-state index contributed by atoms with van der Waals surface area (Å²) >= 11 is 0. The quantitative estimate of drug-likeness (QED) is 0.535. The van der Waals surface area contributed by atoms with Gasteiger partial charge in [0.05, 0.1) is 6.10 Å². The molecule has 0 bridgehead atoms. The van der Waals surface area contributed by atoms with Gasteiger partial charge >= 0.3 is 5.97 Å². The Morgan fingerprint density at radius 3 is 2.54 bits per heavy atom. The van der Waals surface area contributed by atoms with Crippen LogP contribution in [0.2, 0.25) is 0 Å². The number of Topliss-reactive ketones (excluding diaryl/α,β-unsaturated/α-hetero) is 2. The highest BCUT2D eigenvalue weighted by Crippen LogP contribution is 2.73. The lowest BCUT2D eigenvalue weighted by molar-refractivity contribution is -0.174. The van der Waals surface area contributed by atoms with Crippen LogP contribution in [0, 0.1) is 34.5 Å². The van der Waals surface area contributed by atoms with Gasteiger partial charge < -0.3 is 9.47 Å². The molecule has 5 aliphatic rings. The van der Waals surface area contributed by atoms with E-state index < -0.39 is 5.60 Å². The topological polar surface area (TPSA) is 73.0 Å². The lowest BCUT2D eigenvalue weighted by Gasteiger charge is -2.60. The van der Waals surface area contributed by atoms with Crippen molar-refractivity contribution in [2.24, 2.45) is 34.5 Å². The number of epoxide rings is 1. The molecule has 5 rings (SSSR count). The number of ketones is 2. The zero-order chi connectivity index (χ0) is 20.1. The van der Waals surface area contributed by atoms with Crippen LogP contribution in [0.3, 0.4) is 0 Å². The molecule has 5 fully saturated rings. The van der Waals surface area contributed by atoms with Gasteiger partial charge in [-0.2, -0.15) is 0 Å². The molecule has 154 valence electrons. The largest absolute Gasteiger partial charge is 0.463 e. The van der Waals surface area contributed by atoms with E-state index in [1.54, 1.807) is 6.92 Å². The maximum atomic E-state index is 13.6. The maximum absolute atomic E-state index is 13.6. The van der Waals surface area contributed by atoms with Crippen LogP contribution in [0.1, 0.15) is 72.6 Å². The minimum absolute atomic E-state index is 0.00425. The second kappa shape index (κ2) is 5.68. The third kappa shape index (κ3) is 2.15. The molecule has 0 N–H and O–H groups in total. The van der Waals surface area contributed by atoms with Gasteiger partial charge in [-0.3, -0.25) is 14.4 Å². The highest BCUT2D eigenvalue weighted by atomic mass is 16.6. The van der Waals surface area contributed by atoms with Crippen LogP contribution in [0.4, 0.5) is 0 Å². The van der Waals surface area contributed by atoms with E-state index in [0.29, 0.717) is 30.0 Å². The number of ether oxygens (including phenoxy) is 2. The summed E-state index contributed by atoms with van der Waals surface area (Å²) < 4.78 is 11.4. The monoisotopic (exact) mass is 388 g/mol. The molecule has 9 atom stereocenters. The van der Waals surface area contributed by atoms with E-state index in [2.05, 4.69) is 13.8 Å². The normalized spacial score (nSPS) is 54.1. The fraction of sp³-hybridized carbons (Fsp3) is 0.870. The molecule has 1 aliphatic heterocycles. The molecule has 1 saturated heterocycles. The van der Waals surface area contributed by atoms with Gasteiger partial charge in [-0.15, -0.1) is 0 Å². The molecule has 0 aromatic heterocycles. The van der Waals surface area contributed by atoms with Crippen molar-refractivity contribution in [3.05, 3.63) is 0 Å². The predicted molar refractivity (Wildman–Crippen MR) is 101 cm³/mol. The number of carbonyl (C=O) groups is 3. The SMILES string of the molecule is CC(=O)O[C@@H]1CC[C@@]2(C)[C@@H](CC[C@H]3[C@H]2C(=O)C[C@]2(C)[C@@H]3C[C@H]3O[C@]32C(C)=O)C1. The van der Waals surface area contributed by atoms with Crippen LogP contribution in [0.25, 0.3) is 0 Å². The van der Waals surface area contributed by atoms with Crippen molar-refractivity contribution in [2.75, 3.05) is 0 Å². The molecule has 1 heterocycles. The van der Waals surface area contributed by atoms with Gasteiger partial charge in [0.25, 0.3) is 0 Å². The van der Waals surface area contributed by atoms with Crippen molar-refractivity contribution in [3.8, 4) is 0 Å². The Labute approximate surface area is 166 Å². The zero-order valence-corrected chi connectivity index (χ0v) is 17.5. The smallest absolute Gasteiger partial charge is 0.302 e. The van der Waals surface area contributed by atoms with E-state index in [9.17, 15) is 14.4 Å². The fourth-order valence-corrected chi connectivity index (χ4v) is 8.44. The summed E-state index contributed by atoms with van der Waals surface area (Å²) in [6, 6.07) is 0. The van der Waals surface area contributed by atoms with E-state index >= 15 is 0 Å². The molecule has 0 aromatic carbocycles. The summed E-state index contributed by atoms with van der Waals surface area (Å²) in [6.45, 7) is 7.57. The van der Waals surface area contributed by atoms with Crippen LogP contribution in [-0.2, 0) is 23.9 Å². The first-order valence-electron chi connectivity index (χ1n) is 11.0. The third-order valence-corrected chi connectivity index (χ3v) is 9.59. The molecular formula is C23H32O5. The van der Waals surface area contributed by atoms with Gasteiger partial charge in [0.1, 0.15) is 11.9 Å². The van der Waals surface area contributed by atoms with Gasteiger partial charge in [-0.1, -0.05) is 13.8 Å². The Balaban J connectivity index is 1.44. The second-order valence-electron chi connectivity index (χ2n) is 10.7. The predicted octanol–water partition coefficient (Wildman–Crippen LogP) is 3.48. The van der Waals surface area contributed by atoms with Crippen LogP contribution in [0.15, 0.2) is 0 Å². The Bertz CT molecular complexity index is 760. The summed E-state index contributed by atoms with van der Waals surface area (Å²) in [5.74, 6) is 1.55. The van der Waals surface area contributed by atoms with Crippen molar-refractivity contribution in [1.82, 2.24) is 0 Å². The summed E-state index contributed by atoms with van der Waals surface area (Å²) in [4.78, 5) is 37.4. The fourth-order valence-electron chi connectivity index (χ4n) is 8.44. The molecule has 4 saturated carbocycles. The second-order valence-corrected chi connectivity index (χ2v) is 10.7. The Hall–Kier alpha value is -1.23. The number of esters is 1. The minimum atomic E-state index is -0.691.